The van der Waals surface area contributed by atoms with Gasteiger partial charge in [0.25, 0.3) is 5.56 Å². The molecule has 1 fully saturated rings. The minimum Gasteiger partial charge on any atom is -0.359 e. The molecule has 0 amide bonds. The van der Waals surface area contributed by atoms with Crippen molar-refractivity contribution in [2.75, 3.05) is 11.2 Å². The Labute approximate surface area is 119 Å². The van der Waals surface area contributed by atoms with Gasteiger partial charge >= 0.3 is 0 Å². The standard InChI is InChI=1S/C14H22ClN3O/c1-11(2)9-18-8-7-16-12(13(18)19)17-14(10-15)5-3-4-6-14/h7-8,11H,3-6,9-10H2,1-2H3,(H,16,17). The summed E-state index contributed by atoms with van der Waals surface area (Å²) in [5, 5.41) is 3.31. The van der Waals surface area contributed by atoms with Gasteiger partial charge in [-0.1, -0.05) is 26.7 Å². The Kier molecular flexibility index (Phi) is 4.50. The number of halogens is 1. The average molecular weight is 284 g/mol. The van der Waals surface area contributed by atoms with Crippen molar-refractivity contribution in [1.29, 1.82) is 0 Å². The van der Waals surface area contributed by atoms with E-state index in [1.807, 2.05) is 0 Å². The fraction of sp³-hybridized carbons (Fsp3) is 0.714. The third-order valence-corrected chi connectivity index (χ3v) is 4.19. The molecule has 4 nitrogen and oxygen atoms in total. The summed E-state index contributed by atoms with van der Waals surface area (Å²) in [6.07, 6.45) is 7.77. The van der Waals surface area contributed by atoms with Crippen molar-refractivity contribution in [3.63, 3.8) is 0 Å². The lowest BCUT2D eigenvalue weighted by molar-refractivity contribution is 0.503. The molecule has 0 aromatic carbocycles. The number of nitrogens with zero attached hydrogens (tertiary/aromatic N) is 2. The second-order valence-corrected chi connectivity index (χ2v) is 6.14. The maximum Gasteiger partial charge on any atom is 0.293 e. The predicted octanol–water partition coefficient (Wildman–Crippen LogP) is 2.86. The van der Waals surface area contributed by atoms with E-state index in [0.29, 0.717) is 24.2 Å². The summed E-state index contributed by atoms with van der Waals surface area (Å²) >= 11 is 6.09. The summed E-state index contributed by atoms with van der Waals surface area (Å²) < 4.78 is 1.72. The van der Waals surface area contributed by atoms with Gasteiger partial charge in [-0.15, -0.1) is 11.6 Å². The van der Waals surface area contributed by atoms with Crippen LogP contribution in [0, 0.1) is 5.92 Å². The van der Waals surface area contributed by atoms with Gasteiger partial charge in [0.15, 0.2) is 5.82 Å². The van der Waals surface area contributed by atoms with Crippen LogP contribution in [0.5, 0.6) is 0 Å². The highest BCUT2D eigenvalue weighted by atomic mass is 35.5. The number of rotatable bonds is 5. The van der Waals surface area contributed by atoms with Crippen LogP contribution in [0.4, 0.5) is 5.82 Å². The molecule has 106 valence electrons. The SMILES string of the molecule is CC(C)Cn1ccnc(NC2(CCl)CCCC2)c1=O. The largest absolute Gasteiger partial charge is 0.359 e. The molecule has 19 heavy (non-hydrogen) atoms. The number of hydrogen-bond donors (Lipinski definition) is 1. The molecule has 1 aliphatic rings. The van der Waals surface area contributed by atoms with Crippen molar-refractivity contribution in [3.8, 4) is 0 Å². The zero-order chi connectivity index (χ0) is 13.9. The van der Waals surface area contributed by atoms with Crippen molar-refractivity contribution in [2.24, 2.45) is 5.92 Å². The highest BCUT2D eigenvalue weighted by Crippen LogP contribution is 2.32. The van der Waals surface area contributed by atoms with Crippen molar-refractivity contribution in [3.05, 3.63) is 22.7 Å². The van der Waals surface area contributed by atoms with E-state index in [2.05, 4.69) is 24.1 Å². The van der Waals surface area contributed by atoms with E-state index >= 15 is 0 Å². The fourth-order valence-corrected chi connectivity index (χ4v) is 3.00. The molecular formula is C14H22ClN3O. The fourth-order valence-electron chi connectivity index (χ4n) is 2.67. The van der Waals surface area contributed by atoms with Gasteiger partial charge in [0, 0.05) is 24.8 Å². The molecule has 0 spiro atoms. The van der Waals surface area contributed by atoms with Crippen LogP contribution >= 0.6 is 11.6 Å². The van der Waals surface area contributed by atoms with Crippen LogP contribution in [-0.2, 0) is 6.54 Å². The number of hydrogen-bond acceptors (Lipinski definition) is 3. The van der Waals surface area contributed by atoms with Crippen molar-refractivity contribution >= 4 is 17.4 Å². The van der Waals surface area contributed by atoms with Gasteiger partial charge in [0.2, 0.25) is 0 Å². The van der Waals surface area contributed by atoms with Crippen LogP contribution in [0.15, 0.2) is 17.2 Å². The molecule has 2 rings (SSSR count). The molecule has 1 aromatic rings. The Bertz CT molecular complexity index is 478. The normalized spacial score (nSPS) is 17.9. The molecular weight excluding hydrogens is 262 g/mol. The van der Waals surface area contributed by atoms with Gasteiger partial charge in [-0.3, -0.25) is 4.79 Å². The van der Waals surface area contributed by atoms with Crippen LogP contribution in [0.3, 0.4) is 0 Å². The first kappa shape index (κ1) is 14.4. The first-order valence-corrected chi connectivity index (χ1v) is 7.49. The first-order valence-electron chi connectivity index (χ1n) is 6.96. The Morgan fingerprint density at radius 3 is 2.74 bits per heavy atom. The van der Waals surface area contributed by atoms with Gasteiger partial charge in [-0.2, -0.15) is 0 Å². The molecule has 1 saturated carbocycles. The van der Waals surface area contributed by atoms with E-state index in [0.717, 1.165) is 25.7 Å². The number of anilines is 1. The minimum atomic E-state index is -0.148. The number of nitrogens with one attached hydrogen (secondary N) is 1. The first-order chi connectivity index (χ1) is 9.06. The zero-order valence-electron chi connectivity index (χ0n) is 11.7. The third-order valence-electron chi connectivity index (χ3n) is 3.68. The maximum atomic E-state index is 12.3. The number of alkyl halides is 1. The van der Waals surface area contributed by atoms with Crippen molar-refractivity contribution < 1.29 is 0 Å². The second-order valence-electron chi connectivity index (χ2n) is 5.87. The van der Waals surface area contributed by atoms with E-state index in [4.69, 9.17) is 11.6 Å². The summed E-state index contributed by atoms with van der Waals surface area (Å²) in [7, 11) is 0. The van der Waals surface area contributed by atoms with E-state index in [1.165, 1.54) is 0 Å². The van der Waals surface area contributed by atoms with Crippen LogP contribution in [-0.4, -0.2) is 21.0 Å². The van der Waals surface area contributed by atoms with Gasteiger partial charge in [-0.25, -0.2) is 4.98 Å². The summed E-state index contributed by atoms with van der Waals surface area (Å²) in [5.41, 5.74) is -0.197. The molecule has 0 unspecified atom stereocenters. The van der Waals surface area contributed by atoms with Crippen LogP contribution in [0.1, 0.15) is 39.5 Å². The zero-order valence-corrected chi connectivity index (χ0v) is 12.4. The van der Waals surface area contributed by atoms with E-state index < -0.39 is 0 Å². The average Bonchev–Trinajstić information content (AvgIpc) is 2.83. The van der Waals surface area contributed by atoms with Crippen LogP contribution in [0.2, 0.25) is 0 Å². The van der Waals surface area contributed by atoms with Gasteiger partial charge in [0.05, 0.1) is 5.54 Å². The van der Waals surface area contributed by atoms with E-state index in [9.17, 15) is 4.79 Å². The van der Waals surface area contributed by atoms with Crippen LogP contribution < -0.4 is 10.9 Å². The Hall–Kier alpha value is -1.03. The molecule has 1 aromatic heterocycles. The molecule has 0 atom stereocenters. The molecule has 0 aliphatic heterocycles. The molecule has 1 heterocycles. The lowest BCUT2D eigenvalue weighted by Gasteiger charge is -2.28. The summed E-state index contributed by atoms with van der Waals surface area (Å²) in [6, 6.07) is 0. The molecule has 1 aliphatic carbocycles. The Morgan fingerprint density at radius 1 is 1.47 bits per heavy atom. The molecule has 0 bridgehead atoms. The molecule has 0 radical (unpaired) electrons. The van der Waals surface area contributed by atoms with Crippen molar-refractivity contribution in [1.82, 2.24) is 9.55 Å². The lowest BCUT2D eigenvalue weighted by atomic mass is 10.0. The monoisotopic (exact) mass is 283 g/mol. The van der Waals surface area contributed by atoms with E-state index in [1.54, 1.807) is 17.0 Å². The lowest BCUT2D eigenvalue weighted by Crippen LogP contribution is -2.40. The quantitative estimate of drug-likeness (QED) is 0.845. The Morgan fingerprint density at radius 2 is 2.16 bits per heavy atom. The predicted molar refractivity (Wildman–Crippen MR) is 78.9 cm³/mol. The van der Waals surface area contributed by atoms with Gasteiger partial charge in [0.1, 0.15) is 0 Å². The maximum absolute atomic E-state index is 12.3. The highest BCUT2D eigenvalue weighted by molar-refractivity contribution is 6.18. The minimum absolute atomic E-state index is 0.0485. The summed E-state index contributed by atoms with van der Waals surface area (Å²) in [4.78, 5) is 16.5. The highest BCUT2D eigenvalue weighted by Gasteiger charge is 2.33. The smallest absolute Gasteiger partial charge is 0.293 e. The van der Waals surface area contributed by atoms with Crippen LogP contribution in [0.25, 0.3) is 0 Å². The molecule has 1 N–H and O–H groups in total. The molecule has 0 saturated heterocycles. The van der Waals surface area contributed by atoms with Crippen molar-refractivity contribution in [2.45, 2.75) is 51.6 Å². The summed E-state index contributed by atoms with van der Waals surface area (Å²) in [6.45, 7) is 4.90. The van der Waals surface area contributed by atoms with E-state index in [-0.39, 0.29) is 11.1 Å². The topological polar surface area (TPSA) is 46.9 Å². The number of aromatic nitrogens is 2. The third kappa shape index (κ3) is 3.30. The summed E-state index contributed by atoms with van der Waals surface area (Å²) in [5.74, 6) is 1.39. The Balaban J connectivity index is 2.23. The van der Waals surface area contributed by atoms with Gasteiger partial charge < -0.3 is 9.88 Å². The van der Waals surface area contributed by atoms with Gasteiger partial charge in [-0.05, 0) is 18.8 Å². The second kappa shape index (κ2) is 5.95. The molecule has 5 heteroatoms.